The number of halogens is 1. The summed E-state index contributed by atoms with van der Waals surface area (Å²) in [5.74, 6) is 0. The zero-order valence-corrected chi connectivity index (χ0v) is 15.5. The zero-order chi connectivity index (χ0) is 17.8. The number of rotatable bonds is 3. The second-order valence-corrected chi connectivity index (χ2v) is 6.82. The molecule has 3 rings (SSSR count). The van der Waals surface area contributed by atoms with Crippen LogP contribution in [-0.2, 0) is 6.42 Å². The third-order valence-corrected chi connectivity index (χ3v) is 4.93. The van der Waals surface area contributed by atoms with E-state index in [2.05, 4.69) is 36.2 Å². The number of amides is 2. The van der Waals surface area contributed by atoms with Crippen LogP contribution in [0.1, 0.15) is 18.1 Å². The molecule has 4 nitrogen and oxygen atoms in total. The van der Waals surface area contributed by atoms with Gasteiger partial charge in [0.05, 0.1) is 0 Å². The van der Waals surface area contributed by atoms with E-state index >= 15 is 0 Å². The minimum atomic E-state index is -0.0354. The highest BCUT2D eigenvalue weighted by molar-refractivity contribution is 6.30. The van der Waals surface area contributed by atoms with Gasteiger partial charge in [-0.25, -0.2) is 4.79 Å². The van der Waals surface area contributed by atoms with Gasteiger partial charge < -0.3 is 15.1 Å². The summed E-state index contributed by atoms with van der Waals surface area (Å²) >= 11 is 6.13. The molecule has 0 bridgehead atoms. The molecule has 1 aliphatic rings. The minimum absolute atomic E-state index is 0.0354. The molecule has 0 radical (unpaired) electrons. The van der Waals surface area contributed by atoms with Crippen molar-refractivity contribution in [2.75, 3.05) is 36.4 Å². The summed E-state index contributed by atoms with van der Waals surface area (Å²) < 4.78 is 0. The van der Waals surface area contributed by atoms with Gasteiger partial charge in [-0.2, -0.15) is 0 Å². The number of hydrogen-bond acceptors (Lipinski definition) is 2. The number of carbonyl (C=O) groups excluding carboxylic acids is 1. The number of aryl methyl sites for hydroxylation is 2. The molecule has 1 N–H and O–H groups in total. The highest BCUT2D eigenvalue weighted by Crippen LogP contribution is 2.25. The first-order chi connectivity index (χ1) is 12.1. The van der Waals surface area contributed by atoms with E-state index in [4.69, 9.17) is 11.6 Å². The Bertz CT molecular complexity index is 737. The van der Waals surface area contributed by atoms with Crippen LogP contribution in [0.3, 0.4) is 0 Å². The maximum absolute atomic E-state index is 12.5. The maximum atomic E-state index is 12.5. The normalized spacial score (nSPS) is 14.5. The van der Waals surface area contributed by atoms with Gasteiger partial charge in [0.2, 0.25) is 0 Å². The predicted octanol–water partition coefficient (Wildman–Crippen LogP) is 4.56. The van der Waals surface area contributed by atoms with Crippen molar-refractivity contribution in [3.63, 3.8) is 0 Å². The Morgan fingerprint density at radius 2 is 1.76 bits per heavy atom. The summed E-state index contributed by atoms with van der Waals surface area (Å²) in [4.78, 5) is 16.6. The van der Waals surface area contributed by atoms with Crippen molar-refractivity contribution >= 4 is 29.0 Å². The van der Waals surface area contributed by atoms with E-state index in [1.165, 1.54) is 11.1 Å². The molecule has 0 aromatic heterocycles. The molecule has 0 spiro atoms. The monoisotopic (exact) mass is 357 g/mol. The van der Waals surface area contributed by atoms with Crippen LogP contribution >= 0.6 is 11.6 Å². The van der Waals surface area contributed by atoms with Crippen molar-refractivity contribution in [2.24, 2.45) is 0 Å². The van der Waals surface area contributed by atoms with Crippen LogP contribution in [0, 0.1) is 6.92 Å². The Morgan fingerprint density at radius 3 is 2.40 bits per heavy atom. The lowest BCUT2D eigenvalue weighted by Crippen LogP contribution is -2.50. The van der Waals surface area contributed by atoms with E-state index < -0.39 is 0 Å². The van der Waals surface area contributed by atoms with Gasteiger partial charge in [0, 0.05) is 42.6 Å². The van der Waals surface area contributed by atoms with Gasteiger partial charge in [0.1, 0.15) is 0 Å². The van der Waals surface area contributed by atoms with Crippen molar-refractivity contribution in [3.05, 3.63) is 58.6 Å². The highest BCUT2D eigenvalue weighted by Gasteiger charge is 2.22. The first kappa shape index (κ1) is 17.6. The fraction of sp³-hybridized carbons (Fsp3) is 0.350. The van der Waals surface area contributed by atoms with Crippen LogP contribution < -0.4 is 10.2 Å². The van der Waals surface area contributed by atoms with Crippen molar-refractivity contribution < 1.29 is 4.79 Å². The molecule has 132 valence electrons. The van der Waals surface area contributed by atoms with E-state index in [0.717, 1.165) is 35.9 Å². The minimum Gasteiger partial charge on any atom is -0.368 e. The molecular formula is C20H24ClN3O. The quantitative estimate of drug-likeness (QED) is 0.873. The SMILES string of the molecule is CCc1ccc(NC(=O)N2CCN(c3cc(Cl)ccc3C)CC2)cc1. The Labute approximate surface area is 154 Å². The summed E-state index contributed by atoms with van der Waals surface area (Å²) in [6.45, 7) is 7.22. The van der Waals surface area contributed by atoms with Gasteiger partial charge in [-0.15, -0.1) is 0 Å². The van der Waals surface area contributed by atoms with Gasteiger partial charge >= 0.3 is 6.03 Å². The standard InChI is InChI=1S/C20H24ClN3O/c1-3-16-5-8-18(9-6-16)22-20(25)24-12-10-23(11-13-24)19-14-17(21)7-4-15(19)2/h4-9,14H,3,10-13H2,1-2H3,(H,22,25). The molecule has 0 unspecified atom stereocenters. The average molecular weight is 358 g/mol. The van der Waals surface area contributed by atoms with E-state index in [9.17, 15) is 4.79 Å². The molecule has 2 aromatic rings. The molecule has 0 aliphatic carbocycles. The van der Waals surface area contributed by atoms with Crippen molar-refractivity contribution in [2.45, 2.75) is 20.3 Å². The number of benzene rings is 2. The summed E-state index contributed by atoms with van der Waals surface area (Å²) in [6, 6.07) is 13.9. The van der Waals surface area contributed by atoms with E-state index in [-0.39, 0.29) is 6.03 Å². The molecule has 1 aliphatic heterocycles. The van der Waals surface area contributed by atoms with Crippen molar-refractivity contribution in [1.29, 1.82) is 0 Å². The summed E-state index contributed by atoms with van der Waals surface area (Å²) in [5.41, 5.74) is 4.47. The first-order valence-electron chi connectivity index (χ1n) is 8.73. The Balaban J connectivity index is 1.57. The van der Waals surface area contributed by atoms with Gasteiger partial charge in [-0.1, -0.05) is 36.7 Å². The number of piperazine rings is 1. The van der Waals surface area contributed by atoms with Gasteiger partial charge in [-0.3, -0.25) is 0 Å². The lowest BCUT2D eigenvalue weighted by atomic mass is 10.1. The smallest absolute Gasteiger partial charge is 0.321 e. The third-order valence-electron chi connectivity index (χ3n) is 4.69. The fourth-order valence-electron chi connectivity index (χ4n) is 3.10. The van der Waals surface area contributed by atoms with Crippen LogP contribution in [0.25, 0.3) is 0 Å². The van der Waals surface area contributed by atoms with E-state index in [1.54, 1.807) is 0 Å². The Hall–Kier alpha value is -2.20. The average Bonchev–Trinajstić information content (AvgIpc) is 2.64. The second kappa shape index (κ2) is 7.79. The summed E-state index contributed by atoms with van der Waals surface area (Å²) in [7, 11) is 0. The van der Waals surface area contributed by atoms with Crippen LogP contribution in [0.4, 0.5) is 16.2 Å². The number of anilines is 2. The number of urea groups is 1. The van der Waals surface area contributed by atoms with Crippen molar-refractivity contribution in [3.8, 4) is 0 Å². The van der Waals surface area contributed by atoms with Crippen LogP contribution in [0.15, 0.2) is 42.5 Å². The van der Waals surface area contributed by atoms with E-state index in [1.807, 2.05) is 35.2 Å². The number of nitrogens with zero attached hydrogens (tertiary/aromatic N) is 2. The number of hydrogen-bond donors (Lipinski definition) is 1. The molecular weight excluding hydrogens is 334 g/mol. The molecule has 5 heteroatoms. The molecule has 0 saturated carbocycles. The molecule has 2 aromatic carbocycles. The van der Waals surface area contributed by atoms with Crippen LogP contribution in [0.5, 0.6) is 0 Å². The van der Waals surface area contributed by atoms with Gasteiger partial charge in [-0.05, 0) is 48.7 Å². The largest absolute Gasteiger partial charge is 0.368 e. The molecule has 2 amide bonds. The van der Waals surface area contributed by atoms with Gasteiger partial charge in [0.25, 0.3) is 0 Å². The van der Waals surface area contributed by atoms with Crippen LogP contribution in [-0.4, -0.2) is 37.1 Å². The topological polar surface area (TPSA) is 35.6 Å². The third kappa shape index (κ3) is 4.26. The molecule has 25 heavy (non-hydrogen) atoms. The first-order valence-corrected chi connectivity index (χ1v) is 9.10. The molecule has 1 saturated heterocycles. The van der Waals surface area contributed by atoms with Gasteiger partial charge in [0.15, 0.2) is 0 Å². The number of carbonyl (C=O) groups is 1. The zero-order valence-electron chi connectivity index (χ0n) is 14.8. The van der Waals surface area contributed by atoms with Crippen LogP contribution in [0.2, 0.25) is 5.02 Å². The lowest BCUT2D eigenvalue weighted by molar-refractivity contribution is 0.208. The summed E-state index contributed by atoms with van der Waals surface area (Å²) in [6.07, 6.45) is 0.999. The molecule has 0 atom stereocenters. The second-order valence-electron chi connectivity index (χ2n) is 6.39. The van der Waals surface area contributed by atoms with Crippen molar-refractivity contribution in [1.82, 2.24) is 4.90 Å². The molecule has 1 fully saturated rings. The predicted molar refractivity (Wildman–Crippen MR) is 105 cm³/mol. The maximum Gasteiger partial charge on any atom is 0.321 e. The highest BCUT2D eigenvalue weighted by atomic mass is 35.5. The Morgan fingerprint density at radius 1 is 1.08 bits per heavy atom. The lowest BCUT2D eigenvalue weighted by Gasteiger charge is -2.36. The molecule has 1 heterocycles. The Kier molecular flexibility index (Phi) is 5.49. The summed E-state index contributed by atoms with van der Waals surface area (Å²) in [5, 5.41) is 3.73. The fourth-order valence-corrected chi connectivity index (χ4v) is 3.27. The number of nitrogens with one attached hydrogen (secondary N) is 1. The van der Waals surface area contributed by atoms with E-state index in [0.29, 0.717) is 13.1 Å².